The molecule has 1 aromatic carbocycles. The SMILES string of the molecule is C[C@H](c1ccc(Cl)cc1Cl)n1nc(C#N)c2ncc(N3CC(C4CCCN(CCCC(C)(C)O)C4)C3)nc21. The van der Waals surface area contributed by atoms with Gasteiger partial charge in [-0.05, 0) is 89.1 Å². The Morgan fingerprint density at radius 2 is 2.00 bits per heavy atom. The van der Waals surface area contributed by atoms with E-state index in [-0.39, 0.29) is 11.7 Å². The van der Waals surface area contributed by atoms with E-state index in [0.717, 1.165) is 56.9 Å². The highest BCUT2D eigenvalue weighted by Gasteiger charge is 2.37. The summed E-state index contributed by atoms with van der Waals surface area (Å²) in [5, 5.41) is 25.3. The normalized spacial score (nSPS) is 19.9. The van der Waals surface area contributed by atoms with Crippen molar-refractivity contribution in [1.29, 1.82) is 5.26 Å². The molecule has 5 rings (SSSR count). The van der Waals surface area contributed by atoms with Gasteiger partial charge in [-0.3, -0.25) is 0 Å². The maximum Gasteiger partial charge on any atom is 0.190 e. The Labute approximate surface area is 234 Å². The molecule has 2 atom stereocenters. The summed E-state index contributed by atoms with van der Waals surface area (Å²) in [5.41, 5.74) is 1.60. The number of anilines is 1. The number of fused-ring (bicyclic) bond motifs is 1. The van der Waals surface area contributed by atoms with Gasteiger partial charge in [0.05, 0.1) is 17.8 Å². The third-order valence-corrected chi connectivity index (χ3v) is 8.54. The van der Waals surface area contributed by atoms with Crippen LogP contribution in [0, 0.1) is 23.2 Å². The van der Waals surface area contributed by atoms with Crippen molar-refractivity contribution >= 4 is 40.2 Å². The summed E-state index contributed by atoms with van der Waals surface area (Å²) in [4.78, 5) is 14.4. The zero-order valence-electron chi connectivity index (χ0n) is 22.2. The fraction of sp³-hybridized carbons (Fsp3) is 0.571. The van der Waals surface area contributed by atoms with Crippen molar-refractivity contribution in [2.45, 2.75) is 58.1 Å². The number of hydrogen-bond acceptors (Lipinski definition) is 7. The molecule has 4 heterocycles. The molecule has 3 aromatic rings. The van der Waals surface area contributed by atoms with Crippen LogP contribution in [-0.4, -0.2) is 68.1 Å². The van der Waals surface area contributed by atoms with Gasteiger partial charge in [0.2, 0.25) is 0 Å². The van der Waals surface area contributed by atoms with Gasteiger partial charge in [0.15, 0.2) is 11.3 Å². The lowest BCUT2D eigenvalue weighted by Gasteiger charge is -2.47. The molecule has 0 amide bonds. The van der Waals surface area contributed by atoms with Crippen molar-refractivity contribution in [2.75, 3.05) is 37.6 Å². The second-order valence-electron chi connectivity index (χ2n) is 11.4. The lowest BCUT2D eigenvalue weighted by atomic mass is 9.80. The van der Waals surface area contributed by atoms with Gasteiger partial charge in [-0.1, -0.05) is 29.3 Å². The predicted molar refractivity (Wildman–Crippen MR) is 151 cm³/mol. The van der Waals surface area contributed by atoms with Gasteiger partial charge in [0.1, 0.15) is 17.4 Å². The van der Waals surface area contributed by atoms with E-state index in [1.807, 2.05) is 26.8 Å². The molecule has 0 aliphatic carbocycles. The third kappa shape index (κ3) is 5.76. The highest BCUT2D eigenvalue weighted by molar-refractivity contribution is 6.35. The van der Waals surface area contributed by atoms with E-state index in [1.54, 1.807) is 23.0 Å². The molecule has 2 fully saturated rings. The van der Waals surface area contributed by atoms with Crippen LogP contribution in [-0.2, 0) is 0 Å². The van der Waals surface area contributed by atoms with E-state index in [1.165, 1.54) is 12.8 Å². The van der Waals surface area contributed by atoms with E-state index in [4.69, 9.17) is 28.2 Å². The van der Waals surface area contributed by atoms with Crippen molar-refractivity contribution in [3.05, 3.63) is 45.7 Å². The molecule has 2 aromatic heterocycles. The quantitative estimate of drug-likeness (QED) is 0.402. The highest BCUT2D eigenvalue weighted by Crippen LogP contribution is 2.35. The Morgan fingerprint density at radius 1 is 1.21 bits per heavy atom. The van der Waals surface area contributed by atoms with E-state index in [0.29, 0.717) is 33.0 Å². The average Bonchev–Trinajstić information content (AvgIpc) is 3.20. The molecule has 38 heavy (non-hydrogen) atoms. The van der Waals surface area contributed by atoms with Crippen molar-refractivity contribution < 1.29 is 5.11 Å². The number of aromatic nitrogens is 4. The second-order valence-corrected chi connectivity index (χ2v) is 12.3. The Balaban J connectivity index is 1.28. The zero-order valence-corrected chi connectivity index (χ0v) is 23.8. The Hall–Kier alpha value is -2.44. The lowest BCUT2D eigenvalue weighted by Crippen LogP contribution is -2.54. The van der Waals surface area contributed by atoms with Crippen LogP contribution in [0.15, 0.2) is 24.4 Å². The zero-order chi connectivity index (χ0) is 27.0. The van der Waals surface area contributed by atoms with Crippen LogP contribution in [0.1, 0.15) is 63.8 Å². The summed E-state index contributed by atoms with van der Waals surface area (Å²) in [7, 11) is 0. The molecule has 2 aliphatic heterocycles. The van der Waals surface area contributed by atoms with Gasteiger partial charge >= 0.3 is 0 Å². The Kier molecular flexibility index (Phi) is 7.84. The minimum atomic E-state index is -0.589. The summed E-state index contributed by atoms with van der Waals surface area (Å²) < 4.78 is 1.74. The molecule has 2 aliphatic rings. The lowest BCUT2D eigenvalue weighted by molar-refractivity contribution is 0.0594. The number of benzene rings is 1. The number of likely N-dealkylation sites (tertiary alicyclic amines) is 1. The summed E-state index contributed by atoms with van der Waals surface area (Å²) in [6.07, 6.45) is 6.12. The number of hydrogen-bond donors (Lipinski definition) is 1. The molecule has 0 saturated carbocycles. The van der Waals surface area contributed by atoms with E-state index >= 15 is 0 Å². The van der Waals surface area contributed by atoms with Gasteiger partial charge in [-0.2, -0.15) is 10.4 Å². The smallest absolute Gasteiger partial charge is 0.190 e. The molecule has 202 valence electrons. The number of piperidine rings is 1. The molecule has 10 heteroatoms. The number of nitrogens with zero attached hydrogens (tertiary/aromatic N) is 7. The van der Waals surface area contributed by atoms with Gasteiger partial charge in [0, 0.05) is 29.7 Å². The number of rotatable bonds is 8. The molecule has 0 spiro atoms. The van der Waals surface area contributed by atoms with Crippen LogP contribution in [0.4, 0.5) is 5.82 Å². The van der Waals surface area contributed by atoms with Crippen LogP contribution >= 0.6 is 23.2 Å². The second kappa shape index (κ2) is 11.0. The van der Waals surface area contributed by atoms with Crippen molar-refractivity contribution in [1.82, 2.24) is 24.6 Å². The maximum absolute atomic E-state index is 10.0. The molecule has 1 N–H and O–H groups in total. The average molecular weight is 557 g/mol. The minimum absolute atomic E-state index is 0.248. The Morgan fingerprint density at radius 3 is 2.71 bits per heavy atom. The first-order valence-electron chi connectivity index (χ1n) is 13.4. The van der Waals surface area contributed by atoms with Crippen molar-refractivity contribution in [3.8, 4) is 6.07 Å². The Bertz CT molecular complexity index is 1340. The molecular formula is C28H35Cl2N7O. The summed E-state index contributed by atoms with van der Waals surface area (Å²) in [6.45, 7) is 11.0. The van der Waals surface area contributed by atoms with Crippen LogP contribution in [0.3, 0.4) is 0 Å². The van der Waals surface area contributed by atoms with E-state index in [9.17, 15) is 10.4 Å². The largest absolute Gasteiger partial charge is 0.390 e. The fourth-order valence-electron chi connectivity index (χ4n) is 5.78. The molecule has 0 bridgehead atoms. The topological polar surface area (TPSA) is 94.1 Å². The third-order valence-electron chi connectivity index (χ3n) is 7.98. The predicted octanol–water partition coefficient (Wildman–Crippen LogP) is 5.31. The summed E-state index contributed by atoms with van der Waals surface area (Å²) in [6, 6.07) is 7.30. The summed E-state index contributed by atoms with van der Waals surface area (Å²) in [5.74, 6) is 2.13. The van der Waals surface area contributed by atoms with Crippen LogP contribution in [0.5, 0.6) is 0 Å². The first-order valence-corrected chi connectivity index (χ1v) is 14.2. The van der Waals surface area contributed by atoms with Crippen molar-refractivity contribution in [2.24, 2.45) is 11.8 Å². The maximum atomic E-state index is 10.0. The molecular weight excluding hydrogens is 521 g/mol. The highest BCUT2D eigenvalue weighted by atomic mass is 35.5. The first kappa shape index (κ1) is 27.1. The molecule has 0 radical (unpaired) electrons. The number of nitriles is 1. The number of aliphatic hydroxyl groups is 1. The fourth-order valence-corrected chi connectivity index (χ4v) is 6.35. The monoisotopic (exact) mass is 555 g/mol. The van der Waals surface area contributed by atoms with Crippen LogP contribution in [0.25, 0.3) is 11.2 Å². The minimum Gasteiger partial charge on any atom is -0.390 e. The standard InChI is InChI=1S/C28H35Cl2N7O/c1-18(22-8-7-21(29)12-23(22)30)37-27-26(24(13-31)34-37)32-14-25(33-27)36-16-20(17-36)19-6-4-10-35(15-19)11-5-9-28(2,3)38/h7-8,12,14,18-20,38H,4-6,9-11,15-17H2,1-3H3/t18-,19?/m1/s1. The summed E-state index contributed by atoms with van der Waals surface area (Å²) >= 11 is 12.6. The molecule has 1 unspecified atom stereocenters. The van der Waals surface area contributed by atoms with Gasteiger partial charge in [-0.15, -0.1) is 0 Å². The van der Waals surface area contributed by atoms with Gasteiger partial charge in [-0.25, -0.2) is 14.6 Å². The van der Waals surface area contributed by atoms with Gasteiger partial charge in [0.25, 0.3) is 0 Å². The molecule has 8 nitrogen and oxygen atoms in total. The van der Waals surface area contributed by atoms with E-state index < -0.39 is 5.60 Å². The van der Waals surface area contributed by atoms with Gasteiger partial charge < -0.3 is 14.9 Å². The first-order chi connectivity index (χ1) is 18.1. The van der Waals surface area contributed by atoms with Crippen LogP contribution < -0.4 is 4.90 Å². The van der Waals surface area contributed by atoms with Crippen LogP contribution in [0.2, 0.25) is 10.0 Å². The van der Waals surface area contributed by atoms with Crippen molar-refractivity contribution in [3.63, 3.8) is 0 Å². The van der Waals surface area contributed by atoms with E-state index in [2.05, 4.69) is 26.0 Å². The number of halogens is 2. The molecule has 2 saturated heterocycles.